The normalized spacial score (nSPS) is 14.7. The van der Waals surface area contributed by atoms with Gasteiger partial charge < -0.3 is 29.2 Å². The second-order valence-electron chi connectivity index (χ2n) is 12.3. The summed E-state index contributed by atoms with van der Waals surface area (Å²) in [5.41, 5.74) is -1.14. The van der Waals surface area contributed by atoms with Crippen LogP contribution in [0.5, 0.6) is 23.0 Å². The van der Waals surface area contributed by atoms with Gasteiger partial charge in [-0.3, -0.25) is 4.79 Å². The molecule has 18 heteroatoms. The molecule has 0 radical (unpaired) electrons. The van der Waals surface area contributed by atoms with Crippen LogP contribution in [0.3, 0.4) is 0 Å². The van der Waals surface area contributed by atoms with Gasteiger partial charge in [0.05, 0.1) is 38.9 Å². The number of carbonyl (C=O) groups is 1. The maximum absolute atomic E-state index is 14.5. The van der Waals surface area contributed by atoms with Gasteiger partial charge in [0, 0.05) is 68.0 Å². The summed E-state index contributed by atoms with van der Waals surface area (Å²) in [4.78, 5) is 14.7. The predicted octanol–water partition coefficient (Wildman–Crippen LogP) is 6.80. The minimum Gasteiger partial charge on any atom is -0.497 e. The molecule has 2 heterocycles. The van der Waals surface area contributed by atoms with Crippen molar-refractivity contribution in [3.63, 3.8) is 0 Å². The first-order valence-corrected chi connectivity index (χ1v) is 17.9. The molecule has 0 bridgehead atoms. The fraction of sp³-hybridized carbons (Fsp3) is 0.361. The lowest BCUT2D eigenvalue weighted by Gasteiger charge is -2.25. The summed E-state index contributed by atoms with van der Waals surface area (Å²) in [6, 6.07) is 15.5. The molecule has 12 nitrogen and oxygen atoms in total. The Hall–Kier alpha value is -5.23. The maximum atomic E-state index is 14.5. The highest BCUT2D eigenvalue weighted by molar-refractivity contribution is 7.89. The van der Waals surface area contributed by atoms with Gasteiger partial charge >= 0.3 is 6.18 Å². The fourth-order valence-corrected chi connectivity index (χ4v) is 7.30. The summed E-state index contributed by atoms with van der Waals surface area (Å²) in [6.07, 6.45) is -6.01. The fourth-order valence-electron chi connectivity index (χ4n) is 5.85. The molecule has 0 unspecified atom stereocenters. The first-order valence-electron chi connectivity index (χ1n) is 16.5. The second-order valence-corrected chi connectivity index (χ2v) is 14.2. The van der Waals surface area contributed by atoms with Crippen LogP contribution in [0.25, 0.3) is 0 Å². The van der Waals surface area contributed by atoms with Gasteiger partial charge in [-0.05, 0) is 42.8 Å². The van der Waals surface area contributed by atoms with Crippen molar-refractivity contribution in [1.82, 2.24) is 14.5 Å². The van der Waals surface area contributed by atoms with Crippen LogP contribution in [-0.4, -0.2) is 76.3 Å². The van der Waals surface area contributed by atoms with Gasteiger partial charge in [-0.15, -0.1) is 10.2 Å². The van der Waals surface area contributed by atoms with E-state index in [0.29, 0.717) is 40.2 Å². The summed E-state index contributed by atoms with van der Waals surface area (Å²) >= 11 is 0. The zero-order valence-electron chi connectivity index (χ0n) is 29.7. The summed E-state index contributed by atoms with van der Waals surface area (Å²) < 4.78 is 121. The van der Waals surface area contributed by atoms with E-state index in [9.17, 15) is 35.2 Å². The molecule has 1 aliphatic rings. The molecule has 1 aliphatic heterocycles. The molecular weight excluding hydrogens is 741 g/mol. The first kappa shape index (κ1) is 40.0. The molecule has 0 spiro atoms. The van der Waals surface area contributed by atoms with Gasteiger partial charge in [0.25, 0.3) is 5.91 Å². The van der Waals surface area contributed by atoms with Crippen molar-refractivity contribution < 1.29 is 54.1 Å². The highest BCUT2D eigenvalue weighted by Gasteiger charge is 2.37. The average molecular weight is 780 g/mol. The topological polar surface area (TPSA) is 132 Å². The zero-order chi connectivity index (χ0) is 39.3. The van der Waals surface area contributed by atoms with Crippen molar-refractivity contribution in [2.24, 2.45) is 0 Å². The van der Waals surface area contributed by atoms with E-state index >= 15 is 0 Å². The zero-order valence-corrected chi connectivity index (χ0v) is 30.6. The molecule has 4 aromatic rings. The van der Waals surface area contributed by atoms with E-state index in [4.69, 9.17) is 18.9 Å². The molecule has 1 amide bonds. The van der Waals surface area contributed by atoms with Gasteiger partial charge in [0.2, 0.25) is 15.9 Å². The van der Waals surface area contributed by atoms with Crippen molar-refractivity contribution in [3.05, 3.63) is 89.1 Å². The van der Waals surface area contributed by atoms with Crippen molar-refractivity contribution in [2.45, 2.75) is 49.3 Å². The number of nitrogens with one attached hydrogen (secondary N) is 1. The third-order valence-corrected chi connectivity index (χ3v) is 10.5. The number of halogens is 5. The number of methoxy groups -OCH3 is 4. The largest absolute Gasteiger partial charge is 0.497 e. The minimum atomic E-state index is -4.97. The van der Waals surface area contributed by atoms with Crippen LogP contribution in [-0.2, 0) is 29.3 Å². The van der Waals surface area contributed by atoms with E-state index in [-0.39, 0.29) is 49.0 Å². The van der Waals surface area contributed by atoms with E-state index in [1.165, 1.54) is 51.5 Å². The molecule has 3 aromatic carbocycles. The van der Waals surface area contributed by atoms with E-state index in [1.54, 1.807) is 36.4 Å². The Balaban J connectivity index is 1.51. The Morgan fingerprint density at radius 1 is 0.833 bits per heavy atom. The van der Waals surface area contributed by atoms with Gasteiger partial charge in [-0.2, -0.15) is 17.5 Å². The second kappa shape index (κ2) is 16.4. The number of rotatable bonds is 13. The Kier molecular flexibility index (Phi) is 12.2. The highest BCUT2D eigenvalue weighted by Crippen LogP contribution is 2.35. The van der Waals surface area contributed by atoms with E-state index < -0.39 is 52.1 Å². The van der Waals surface area contributed by atoms with Gasteiger partial charge in [0.1, 0.15) is 23.0 Å². The lowest BCUT2D eigenvalue weighted by molar-refractivity contribution is -0.141. The summed E-state index contributed by atoms with van der Waals surface area (Å²) in [5.74, 6) is -2.72. The van der Waals surface area contributed by atoms with Gasteiger partial charge in [0.15, 0.2) is 11.5 Å². The van der Waals surface area contributed by atoms with Crippen LogP contribution in [0.1, 0.15) is 46.4 Å². The number of amides is 1. The number of sulfonamides is 1. The SMILES string of the molecule is COc1ccc(CN(Cc2ccc(OC)cc2OC)S(=O)(=O)c2cccc(NC(=O)c3cc(C(F)(F)F)nnc3N3CCCC(F)(F)CC3)c2)c(OC)c1. The molecule has 1 N–H and O–H groups in total. The summed E-state index contributed by atoms with van der Waals surface area (Å²) in [6.45, 7) is -0.670. The highest BCUT2D eigenvalue weighted by atomic mass is 32.2. The molecular formula is C36H38F5N5O7S. The number of anilines is 2. The van der Waals surface area contributed by atoms with Crippen molar-refractivity contribution >= 4 is 27.4 Å². The van der Waals surface area contributed by atoms with Crippen LogP contribution in [0.15, 0.2) is 71.6 Å². The number of carbonyl (C=O) groups excluding carboxylic acids is 1. The average Bonchev–Trinajstić information content (AvgIpc) is 3.34. The van der Waals surface area contributed by atoms with Gasteiger partial charge in [-0.25, -0.2) is 17.2 Å². The Labute approximate surface area is 308 Å². The Morgan fingerprint density at radius 2 is 1.44 bits per heavy atom. The van der Waals surface area contributed by atoms with Crippen molar-refractivity contribution in [1.29, 1.82) is 0 Å². The number of nitrogens with zero attached hydrogens (tertiary/aromatic N) is 4. The predicted molar refractivity (Wildman–Crippen MR) is 188 cm³/mol. The summed E-state index contributed by atoms with van der Waals surface area (Å²) in [5, 5.41) is 9.32. The molecule has 0 atom stereocenters. The smallest absolute Gasteiger partial charge is 0.435 e. The van der Waals surface area contributed by atoms with Gasteiger partial charge in [-0.1, -0.05) is 18.2 Å². The molecule has 0 saturated carbocycles. The van der Waals surface area contributed by atoms with E-state index in [0.717, 1.165) is 10.4 Å². The van der Waals surface area contributed by atoms with Crippen molar-refractivity contribution in [2.75, 3.05) is 51.7 Å². The number of alkyl halides is 5. The van der Waals surface area contributed by atoms with E-state index in [1.807, 2.05) is 0 Å². The minimum absolute atomic E-state index is 0.00202. The number of ether oxygens (including phenoxy) is 4. The standard InChI is InChI=1S/C36H38F5N5O7S/c1-50-26-11-9-23(30(18-26)52-3)21-46(22-24-10-12-27(51-2)19-31(24)53-4)54(48,49)28-8-5-7-25(17-28)42-34(47)29-20-32(36(39,40)41)43-44-33(29)45-15-6-13-35(37,38)14-16-45/h5,7-12,17-20H,6,13-16,21-22H2,1-4H3,(H,42,47). The molecule has 0 aliphatic carbocycles. The quantitative estimate of drug-likeness (QED) is 0.145. The van der Waals surface area contributed by atoms with Crippen LogP contribution in [0.2, 0.25) is 0 Å². The summed E-state index contributed by atoms with van der Waals surface area (Å²) in [7, 11) is 1.40. The van der Waals surface area contributed by atoms with E-state index in [2.05, 4.69) is 15.5 Å². The molecule has 1 fully saturated rings. The molecule has 290 valence electrons. The van der Waals surface area contributed by atoms with Crippen LogP contribution < -0.4 is 29.2 Å². The Morgan fingerprint density at radius 3 is 2.00 bits per heavy atom. The third kappa shape index (κ3) is 9.28. The monoisotopic (exact) mass is 779 g/mol. The molecule has 1 aromatic heterocycles. The number of benzene rings is 3. The lowest BCUT2D eigenvalue weighted by Crippen LogP contribution is -2.31. The van der Waals surface area contributed by atoms with Crippen LogP contribution >= 0.6 is 0 Å². The lowest BCUT2D eigenvalue weighted by atomic mass is 10.1. The Bertz CT molecular complexity index is 2030. The molecule has 1 saturated heterocycles. The van der Waals surface area contributed by atoms with Crippen LogP contribution in [0, 0.1) is 0 Å². The number of hydrogen-bond donors (Lipinski definition) is 1. The molecule has 54 heavy (non-hydrogen) atoms. The third-order valence-electron chi connectivity index (χ3n) is 8.74. The molecule has 5 rings (SSSR count). The van der Waals surface area contributed by atoms with Crippen LogP contribution in [0.4, 0.5) is 33.5 Å². The maximum Gasteiger partial charge on any atom is 0.435 e. The number of hydrogen-bond acceptors (Lipinski definition) is 10. The number of aromatic nitrogens is 2. The first-order chi connectivity index (χ1) is 25.6. The van der Waals surface area contributed by atoms with Crippen molar-refractivity contribution in [3.8, 4) is 23.0 Å².